The second-order valence-corrected chi connectivity index (χ2v) is 9.04. The second kappa shape index (κ2) is 11.2. The number of nitrogens with zero attached hydrogens (tertiary/aromatic N) is 2. The van der Waals surface area contributed by atoms with Crippen molar-refractivity contribution in [3.63, 3.8) is 0 Å². The Balaban J connectivity index is 0.000000390. The molecule has 0 radical (unpaired) electrons. The van der Waals surface area contributed by atoms with E-state index < -0.39 is 27.7 Å². The molecular formula is C20H18FN3O6S2. The Morgan fingerprint density at radius 3 is 2.34 bits per heavy atom. The van der Waals surface area contributed by atoms with Gasteiger partial charge in [-0.05, 0) is 37.4 Å². The largest absolute Gasteiger partial charge is 0.478 e. The second-order valence-electron chi connectivity index (χ2n) is 5.98. The minimum Gasteiger partial charge on any atom is -0.478 e. The molecule has 0 aromatic carbocycles. The third-order valence-electron chi connectivity index (χ3n) is 3.71. The highest BCUT2D eigenvalue weighted by Gasteiger charge is 2.26. The van der Waals surface area contributed by atoms with Gasteiger partial charge in [-0.15, -0.1) is 11.3 Å². The van der Waals surface area contributed by atoms with Crippen LogP contribution in [0.2, 0.25) is 0 Å². The summed E-state index contributed by atoms with van der Waals surface area (Å²) in [6.07, 6.45) is 5.23. The fourth-order valence-corrected chi connectivity index (χ4v) is 5.37. The number of thiophene rings is 1. The van der Waals surface area contributed by atoms with Crippen LogP contribution < -0.4 is 5.32 Å². The highest BCUT2D eigenvalue weighted by Crippen LogP contribution is 2.39. The maximum absolute atomic E-state index is 14.1. The number of halogens is 1. The minimum absolute atomic E-state index is 0.0673. The molecule has 3 aromatic heterocycles. The summed E-state index contributed by atoms with van der Waals surface area (Å²) in [6, 6.07) is 7.71. The molecular weight excluding hydrogens is 461 g/mol. The first-order chi connectivity index (χ1) is 15.2. The van der Waals surface area contributed by atoms with Crippen molar-refractivity contribution < 1.29 is 32.6 Å². The Morgan fingerprint density at radius 2 is 1.81 bits per heavy atom. The first-order valence-corrected chi connectivity index (χ1v) is 11.1. The van der Waals surface area contributed by atoms with Crippen LogP contribution in [-0.4, -0.2) is 47.6 Å². The van der Waals surface area contributed by atoms with E-state index in [1.54, 1.807) is 25.2 Å². The lowest BCUT2D eigenvalue weighted by Crippen LogP contribution is -2.04. The summed E-state index contributed by atoms with van der Waals surface area (Å²) >= 11 is 1.23. The zero-order valence-corrected chi connectivity index (χ0v) is 18.2. The number of nitrogens with one attached hydrogen (secondary N) is 1. The van der Waals surface area contributed by atoms with E-state index >= 15 is 0 Å². The van der Waals surface area contributed by atoms with Crippen LogP contribution in [0.4, 0.5) is 4.39 Å². The van der Waals surface area contributed by atoms with E-state index in [1.165, 1.54) is 42.1 Å². The number of carboxylic acids is 2. The zero-order valence-electron chi connectivity index (χ0n) is 16.6. The lowest BCUT2D eigenvalue weighted by molar-refractivity contribution is -0.134. The normalized spacial score (nSPS) is 11.1. The van der Waals surface area contributed by atoms with Crippen LogP contribution in [0, 0.1) is 5.95 Å². The molecule has 0 atom stereocenters. The van der Waals surface area contributed by atoms with Crippen LogP contribution in [0.15, 0.2) is 70.9 Å². The summed E-state index contributed by atoms with van der Waals surface area (Å²) in [7, 11) is -2.04. The Kier molecular flexibility index (Phi) is 8.70. The molecule has 3 aromatic rings. The van der Waals surface area contributed by atoms with Gasteiger partial charge < -0.3 is 15.5 Å². The predicted octanol–water partition coefficient (Wildman–Crippen LogP) is 2.61. The van der Waals surface area contributed by atoms with Crippen molar-refractivity contribution in [2.45, 2.75) is 16.3 Å². The molecule has 9 nitrogen and oxygen atoms in total. The molecule has 0 bridgehead atoms. The Hall–Kier alpha value is -3.48. The summed E-state index contributed by atoms with van der Waals surface area (Å²) in [6.45, 7) is 0.488. The van der Waals surface area contributed by atoms with Gasteiger partial charge in [0.15, 0.2) is 0 Å². The lowest BCUT2D eigenvalue weighted by atomic mass is 10.2. The minimum atomic E-state index is -3.81. The number of aromatic nitrogens is 2. The molecule has 0 amide bonds. The van der Waals surface area contributed by atoms with Crippen molar-refractivity contribution in [2.24, 2.45) is 0 Å². The Morgan fingerprint density at radius 1 is 1.16 bits per heavy atom. The van der Waals surface area contributed by atoms with Crippen molar-refractivity contribution in [2.75, 3.05) is 7.05 Å². The van der Waals surface area contributed by atoms with Crippen LogP contribution in [0.1, 0.15) is 4.88 Å². The first-order valence-electron chi connectivity index (χ1n) is 8.84. The summed E-state index contributed by atoms with van der Waals surface area (Å²) in [5.74, 6) is -3.21. The third kappa shape index (κ3) is 6.51. The predicted molar refractivity (Wildman–Crippen MR) is 114 cm³/mol. The third-order valence-corrected chi connectivity index (χ3v) is 6.77. The average molecular weight is 480 g/mol. The number of aliphatic carboxylic acids is 2. The van der Waals surface area contributed by atoms with E-state index in [9.17, 15) is 22.4 Å². The maximum Gasteiger partial charge on any atom is 0.328 e. The molecule has 3 heterocycles. The molecule has 0 aliphatic carbocycles. The number of carboxylic acid groups (broad SMARTS) is 2. The van der Waals surface area contributed by atoms with E-state index in [0.717, 1.165) is 4.88 Å². The maximum atomic E-state index is 14.1. The topological polar surface area (TPSA) is 147 Å². The average Bonchev–Trinajstić information content (AvgIpc) is 3.18. The number of sulfone groups is 1. The molecule has 0 spiro atoms. The van der Waals surface area contributed by atoms with Gasteiger partial charge in [-0.1, -0.05) is 0 Å². The van der Waals surface area contributed by atoms with Gasteiger partial charge in [0, 0.05) is 47.7 Å². The molecule has 3 rings (SSSR count). The van der Waals surface area contributed by atoms with Gasteiger partial charge in [0.05, 0.1) is 14.7 Å². The van der Waals surface area contributed by atoms with Gasteiger partial charge in [-0.2, -0.15) is 4.39 Å². The van der Waals surface area contributed by atoms with E-state index in [-0.39, 0.29) is 15.4 Å². The summed E-state index contributed by atoms with van der Waals surface area (Å²) < 4.78 is 40.0. The van der Waals surface area contributed by atoms with E-state index in [1.807, 2.05) is 0 Å². The van der Waals surface area contributed by atoms with Crippen molar-refractivity contribution >= 4 is 33.1 Å². The first kappa shape index (κ1) is 24.8. The van der Waals surface area contributed by atoms with Crippen LogP contribution in [-0.2, 0) is 26.0 Å². The molecule has 0 saturated carbocycles. The van der Waals surface area contributed by atoms with Gasteiger partial charge in [-0.25, -0.2) is 23.0 Å². The fraction of sp³-hybridized carbons (Fsp3) is 0.100. The molecule has 0 aliphatic heterocycles. The smallest absolute Gasteiger partial charge is 0.328 e. The Labute approximate surface area is 186 Å². The molecule has 0 unspecified atom stereocenters. The number of rotatable bonds is 7. The summed E-state index contributed by atoms with van der Waals surface area (Å²) in [5.41, 5.74) is 0.173. The van der Waals surface area contributed by atoms with Crippen LogP contribution in [0.5, 0.6) is 0 Å². The monoisotopic (exact) mass is 479 g/mol. The molecule has 0 fully saturated rings. The van der Waals surface area contributed by atoms with Gasteiger partial charge in [0.1, 0.15) is 0 Å². The molecule has 3 N–H and O–H groups in total. The van der Waals surface area contributed by atoms with Crippen LogP contribution in [0.25, 0.3) is 10.4 Å². The number of hydrogen-bond acceptors (Lipinski definition) is 8. The molecule has 12 heteroatoms. The molecule has 0 saturated heterocycles. The fourth-order valence-electron chi connectivity index (χ4n) is 2.40. The standard InChI is InChI=1S/C16H14FN3O2S2.C4H4O4/c1-18-9-11-8-14(24(21,22)12-4-2-6-19-10-12)15(23-11)13-5-3-7-20-16(13)17;5-3(6)1-2-4(7)8/h2-8,10,18H,9H2,1H3;1-2H,(H,5,6)(H,7,8). The summed E-state index contributed by atoms with van der Waals surface area (Å²) in [4.78, 5) is 27.9. The summed E-state index contributed by atoms with van der Waals surface area (Å²) in [5, 5.41) is 18.6. The highest BCUT2D eigenvalue weighted by molar-refractivity contribution is 7.91. The van der Waals surface area contributed by atoms with E-state index in [0.29, 0.717) is 23.6 Å². The SMILES string of the molecule is CNCc1cc(S(=O)(=O)c2cccnc2)c(-c2cccnc2F)s1.O=C(O)C=CC(=O)O. The van der Waals surface area contributed by atoms with E-state index in [2.05, 4.69) is 15.3 Å². The van der Waals surface area contributed by atoms with Crippen molar-refractivity contribution in [3.05, 3.63) is 71.9 Å². The molecule has 32 heavy (non-hydrogen) atoms. The number of hydrogen-bond donors (Lipinski definition) is 3. The van der Waals surface area contributed by atoms with Gasteiger partial charge in [0.2, 0.25) is 15.8 Å². The zero-order chi connectivity index (χ0) is 23.7. The number of pyridine rings is 2. The molecule has 168 valence electrons. The van der Waals surface area contributed by atoms with E-state index in [4.69, 9.17) is 10.2 Å². The quantitative estimate of drug-likeness (QED) is 0.344. The Bertz CT molecular complexity index is 1210. The van der Waals surface area contributed by atoms with Crippen molar-refractivity contribution in [1.82, 2.24) is 15.3 Å². The van der Waals surface area contributed by atoms with Crippen LogP contribution in [0.3, 0.4) is 0 Å². The van der Waals surface area contributed by atoms with Gasteiger partial charge in [0.25, 0.3) is 0 Å². The lowest BCUT2D eigenvalue weighted by Gasteiger charge is -2.06. The molecule has 0 aliphatic rings. The van der Waals surface area contributed by atoms with Gasteiger partial charge in [-0.3, -0.25) is 4.98 Å². The van der Waals surface area contributed by atoms with Crippen molar-refractivity contribution in [3.8, 4) is 10.4 Å². The number of carbonyl (C=O) groups is 2. The van der Waals surface area contributed by atoms with Gasteiger partial charge >= 0.3 is 11.9 Å². The van der Waals surface area contributed by atoms with Crippen LogP contribution >= 0.6 is 11.3 Å². The van der Waals surface area contributed by atoms with Crippen molar-refractivity contribution in [1.29, 1.82) is 0 Å². The highest BCUT2D eigenvalue weighted by atomic mass is 32.2.